The zero-order chi connectivity index (χ0) is 25.1. The topological polar surface area (TPSA) is 94.8 Å². The molecule has 184 valence electrons. The SMILES string of the molecule is CC1(O)CCN(c2ccc(Nc3nc(-c4ccc5c(c4)NC(=O)C5(C)C)cn4ccnc34)cc2)CC1. The van der Waals surface area contributed by atoms with Crippen LogP contribution >= 0.6 is 0 Å². The lowest BCUT2D eigenvalue weighted by Crippen LogP contribution is -2.42. The van der Waals surface area contributed by atoms with Crippen LogP contribution in [-0.4, -0.2) is 44.1 Å². The van der Waals surface area contributed by atoms with Gasteiger partial charge in [-0.2, -0.15) is 0 Å². The number of nitrogens with zero attached hydrogens (tertiary/aromatic N) is 4. The number of carbonyl (C=O) groups is 1. The standard InChI is InChI=1S/C28H30N6O2/c1-27(2)21-9-4-18(16-22(21)32-26(27)35)23-17-34-15-12-29-25(34)24(31-23)30-19-5-7-20(8-6-19)33-13-10-28(3,36)11-14-33/h4-9,12,15-17,36H,10-11,13-14H2,1-3H3,(H,30,31)(H,32,35). The number of anilines is 4. The Hall–Kier alpha value is -3.91. The second-order valence-corrected chi connectivity index (χ2v) is 10.6. The van der Waals surface area contributed by atoms with Gasteiger partial charge in [-0.1, -0.05) is 12.1 Å². The van der Waals surface area contributed by atoms with Crippen molar-refractivity contribution in [1.29, 1.82) is 0 Å². The summed E-state index contributed by atoms with van der Waals surface area (Å²) >= 11 is 0. The first-order valence-electron chi connectivity index (χ1n) is 12.3. The predicted molar refractivity (Wildman–Crippen MR) is 142 cm³/mol. The van der Waals surface area contributed by atoms with E-state index in [1.165, 1.54) is 0 Å². The lowest BCUT2D eigenvalue weighted by Gasteiger charge is -2.37. The van der Waals surface area contributed by atoms with Crippen LogP contribution < -0.4 is 15.5 Å². The smallest absolute Gasteiger partial charge is 0.234 e. The molecule has 36 heavy (non-hydrogen) atoms. The van der Waals surface area contributed by atoms with E-state index in [0.29, 0.717) is 5.82 Å². The molecular weight excluding hydrogens is 452 g/mol. The highest BCUT2D eigenvalue weighted by Crippen LogP contribution is 2.39. The van der Waals surface area contributed by atoms with Gasteiger partial charge in [0.25, 0.3) is 0 Å². The van der Waals surface area contributed by atoms with Gasteiger partial charge in [0.2, 0.25) is 5.91 Å². The second kappa shape index (κ2) is 8.06. The molecule has 1 fully saturated rings. The number of piperidine rings is 1. The second-order valence-electron chi connectivity index (χ2n) is 10.6. The molecule has 2 aliphatic heterocycles. The molecule has 6 rings (SSSR count). The maximum atomic E-state index is 12.4. The molecule has 0 aliphatic carbocycles. The van der Waals surface area contributed by atoms with Gasteiger partial charge >= 0.3 is 0 Å². The number of hydrogen-bond donors (Lipinski definition) is 3. The van der Waals surface area contributed by atoms with Crippen LogP contribution in [0.4, 0.5) is 22.9 Å². The molecule has 0 bridgehead atoms. The number of benzene rings is 2. The summed E-state index contributed by atoms with van der Waals surface area (Å²) in [5, 5.41) is 16.7. The lowest BCUT2D eigenvalue weighted by atomic mass is 9.86. The maximum Gasteiger partial charge on any atom is 0.234 e. The summed E-state index contributed by atoms with van der Waals surface area (Å²) in [6, 6.07) is 14.3. The van der Waals surface area contributed by atoms with Gasteiger partial charge in [0.15, 0.2) is 11.5 Å². The van der Waals surface area contributed by atoms with E-state index in [9.17, 15) is 9.90 Å². The Labute approximate surface area is 210 Å². The third-order valence-corrected chi connectivity index (χ3v) is 7.51. The summed E-state index contributed by atoms with van der Waals surface area (Å²) in [7, 11) is 0. The minimum absolute atomic E-state index is 0.00778. The number of hydrogen-bond acceptors (Lipinski definition) is 6. The maximum absolute atomic E-state index is 12.4. The first-order chi connectivity index (χ1) is 17.2. The van der Waals surface area contributed by atoms with Crippen molar-refractivity contribution >= 4 is 34.4 Å². The first kappa shape index (κ1) is 22.5. The fourth-order valence-electron chi connectivity index (χ4n) is 5.05. The Morgan fingerprint density at radius 2 is 1.81 bits per heavy atom. The third kappa shape index (κ3) is 3.87. The van der Waals surface area contributed by atoms with Crippen molar-refractivity contribution in [3.8, 4) is 11.3 Å². The summed E-state index contributed by atoms with van der Waals surface area (Å²) < 4.78 is 1.95. The number of aliphatic hydroxyl groups is 1. The average molecular weight is 483 g/mol. The molecule has 1 saturated heterocycles. The van der Waals surface area contributed by atoms with Crippen LogP contribution in [0.5, 0.6) is 0 Å². The molecule has 0 radical (unpaired) electrons. The third-order valence-electron chi connectivity index (χ3n) is 7.51. The molecule has 2 aliphatic rings. The largest absolute Gasteiger partial charge is 0.390 e. The number of fused-ring (bicyclic) bond motifs is 2. The zero-order valence-corrected chi connectivity index (χ0v) is 20.7. The normalized spacial score (nSPS) is 18.2. The molecule has 2 aromatic carbocycles. The van der Waals surface area contributed by atoms with Gasteiger partial charge in [-0.05, 0) is 69.5 Å². The van der Waals surface area contributed by atoms with Crippen molar-refractivity contribution in [2.75, 3.05) is 28.6 Å². The molecule has 0 unspecified atom stereocenters. The van der Waals surface area contributed by atoms with Crippen LogP contribution in [0.3, 0.4) is 0 Å². The number of nitrogens with one attached hydrogen (secondary N) is 2. The van der Waals surface area contributed by atoms with E-state index in [1.807, 2.05) is 67.9 Å². The van der Waals surface area contributed by atoms with E-state index in [2.05, 4.69) is 32.7 Å². The molecule has 3 N–H and O–H groups in total. The Kier molecular flexibility index (Phi) is 5.05. The van der Waals surface area contributed by atoms with E-state index in [0.717, 1.165) is 65.5 Å². The van der Waals surface area contributed by atoms with E-state index < -0.39 is 11.0 Å². The number of aromatic nitrogens is 3. The number of carbonyl (C=O) groups excluding carboxylic acids is 1. The van der Waals surface area contributed by atoms with E-state index in [1.54, 1.807) is 6.20 Å². The van der Waals surface area contributed by atoms with Crippen molar-refractivity contribution in [3.63, 3.8) is 0 Å². The molecule has 0 saturated carbocycles. The average Bonchev–Trinajstić information content (AvgIpc) is 3.41. The van der Waals surface area contributed by atoms with Crippen molar-refractivity contribution in [3.05, 3.63) is 66.6 Å². The Bertz CT molecular complexity index is 1460. The van der Waals surface area contributed by atoms with Crippen LogP contribution in [0.1, 0.15) is 39.2 Å². The van der Waals surface area contributed by atoms with Gasteiger partial charge in [-0.3, -0.25) is 4.79 Å². The summed E-state index contributed by atoms with van der Waals surface area (Å²) in [6.45, 7) is 7.47. The summed E-state index contributed by atoms with van der Waals surface area (Å²) in [5.41, 5.74) is 5.22. The molecule has 8 nitrogen and oxygen atoms in total. The molecule has 8 heteroatoms. The van der Waals surface area contributed by atoms with Crippen molar-refractivity contribution in [2.24, 2.45) is 0 Å². The number of amides is 1. The van der Waals surface area contributed by atoms with Crippen LogP contribution in [0.15, 0.2) is 61.1 Å². The molecular formula is C28H30N6O2. The van der Waals surface area contributed by atoms with Crippen LogP contribution in [-0.2, 0) is 10.2 Å². The minimum Gasteiger partial charge on any atom is -0.390 e. The van der Waals surface area contributed by atoms with Gasteiger partial charge in [-0.15, -0.1) is 0 Å². The van der Waals surface area contributed by atoms with Crippen molar-refractivity contribution < 1.29 is 9.90 Å². The lowest BCUT2D eigenvalue weighted by molar-refractivity contribution is -0.119. The Balaban J connectivity index is 1.28. The number of rotatable bonds is 4. The fraction of sp³-hybridized carbons (Fsp3) is 0.321. The van der Waals surface area contributed by atoms with Crippen LogP contribution in [0, 0.1) is 0 Å². The molecule has 4 aromatic rings. The molecule has 0 atom stereocenters. The van der Waals surface area contributed by atoms with Crippen LogP contribution in [0.25, 0.3) is 16.9 Å². The predicted octanol–water partition coefficient (Wildman–Crippen LogP) is 4.72. The summed E-state index contributed by atoms with van der Waals surface area (Å²) in [5.74, 6) is 0.664. The van der Waals surface area contributed by atoms with Gasteiger partial charge < -0.3 is 25.0 Å². The van der Waals surface area contributed by atoms with E-state index >= 15 is 0 Å². The van der Waals surface area contributed by atoms with Gasteiger partial charge in [-0.25, -0.2) is 9.97 Å². The molecule has 2 aromatic heterocycles. The van der Waals surface area contributed by atoms with Crippen molar-refractivity contribution in [1.82, 2.24) is 14.4 Å². The minimum atomic E-state index is -0.565. The number of imidazole rings is 1. The Morgan fingerprint density at radius 3 is 2.56 bits per heavy atom. The highest BCUT2D eigenvalue weighted by molar-refractivity contribution is 6.06. The van der Waals surface area contributed by atoms with Gasteiger partial charge in [0.1, 0.15) is 0 Å². The summed E-state index contributed by atoms with van der Waals surface area (Å²) in [6.07, 6.45) is 7.15. The van der Waals surface area contributed by atoms with Gasteiger partial charge in [0.05, 0.1) is 16.7 Å². The summed E-state index contributed by atoms with van der Waals surface area (Å²) in [4.78, 5) is 24.1. The first-order valence-corrected chi connectivity index (χ1v) is 12.3. The molecule has 0 spiro atoms. The van der Waals surface area contributed by atoms with Crippen LogP contribution in [0.2, 0.25) is 0 Å². The quantitative estimate of drug-likeness (QED) is 0.390. The monoisotopic (exact) mass is 482 g/mol. The Morgan fingerprint density at radius 1 is 1.06 bits per heavy atom. The molecule has 1 amide bonds. The zero-order valence-electron chi connectivity index (χ0n) is 20.7. The van der Waals surface area contributed by atoms with Crippen molar-refractivity contribution in [2.45, 2.75) is 44.6 Å². The highest BCUT2D eigenvalue weighted by atomic mass is 16.3. The molecule has 4 heterocycles. The van der Waals surface area contributed by atoms with E-state index in [4.69, 9.17) is 4.98 Å². The van der Waals surface area contributed by atoms with Gasteiger partial charge in [0, 0.05) is 54.3 Å². The fourth-order valence-corrected chi connectivity index (χ4v) is 5.05. The van der Waals surface area contributed by atoms with E-state index in [-0.39, 0.29) is 5.91 Å². The highest BCUT2D eigenvalue weighted by Gasteiger charge is 2.38.